The smallest absolute Gasteiger partial charge is 0.305 e. The number of hydrogen-bond acceptors (Lipinski definition) is 5. The molecule has 0 saturated heterocycles. The van der Waals surface area contributed by atoms with Crippen molar-refractivity contribution in [3.8, 4) is 0 Å². The second-order valence-corrected chi connectivity index (χ2v) is 19.3. The van der Waals surface area contributed by atoms with Crippen molar-refractivity contribution in [2.24, 2.45) is 0 Å². The van der Waals surface area contributed by atoms with Crippen molar-refractivity contribution in [2.75, 3.05) is 13.2 Å². The molecule has 0 aliphatic carbocycles. The summed E-state index contributed by atoms with van der Waals surface area (Å²) in [6.07, 6.45) is 58.0. The molecule has 0 heterocycles. The van der Waals surface area contributed by atoms with Crippen molar-refractivity contribution in [3.63, 3.8) is 0 Å². The van der Waals surface area contributed by atoms with Gasteiger partial charge in [-0.2, -0.15) is 0 Å². The fourth-order valence-electron chi connectivity index (χ4n) is 8.88. The molecule has 6 nitrogen and oxygen atoms in total. The summed E-state index contributed by atoms with van der Waals surface area (Å²) in [5.41, 5.74) is 0. The number of amides is 1. The van der Waals surface area contributed by atoms with Gasteiger partial charge in [0.25, 0.3) is 0 Å². The molecule has 0 rings (SSSR count). The van der Waals surface area contributed by atoms with E-state index in [0.29, 0.717) is 25.9 Å². The first-order valence-corrected chi connectivity index (χ1v) is 27.8. The summed E-state index contributed by atoms with van der Waals surface area (Å²) in [6.45, 7) is 4.92. The number of esters is 1. The molecule has 61 heavy (non-hydrogen) atoms. The number of ether oxygens (including phenoxy) is 1. The van der Waals surface area contributed by atoms with E-state index in [1.165, 1.54) is 225 Å². The van der Waals surface area contributed by atoms with Crippen LogP contribution in [0.1, 0.15) is 316 Å². The van der Waals surface area contributed by atoms with Crippen molar-refractivity contribution in [1.82, 2.24) is 5.32 Å². The Hall–Kier alpha value is -1.14. The number of unbranched alkanes of at least 4 members (excludes halogenated alkanes) is 41. The third-order valence-electron chi connectivity index (χ3n) is 13.2. The maximum absolute atomic E-state index is 12.5. The topological polar surface area (TPSA) is 95.9 Å². The Balaban J connectivity index is 3.46. The van der Waals surface area contributed by atoms with Crippen LogP contribution >= 0.6 is 0 Å². The lowest BCUT2D eigenvalue weighted by molar-refractivity contribution is -0.143. The molecular weight excluding hydrogens is 755 g/mol. The molecule has 364 valence electrons. The lowest BCUT2D eigenvalue weighted by Crippen LogP contribution is -2.45. The minimum atomic E-state index is -0.678. The van der Waals surface area contributed by atoms with Crippen LogP contribution in [0.15, 0.2) is 0 Å². The average molecular weight is 864 g/mol. The molecule has 6 heteroatoms. The highest BCUT2D eigenvalue weighted by Gasteiger charge is 2.20. The van der Waals surface area contributed by atoms with Gasteiger partial charge in [-0.25, -0.2) is 0 Å². The fraction of sp³-hybridized carbons (Fsp3) is 0.964. The summed E-state index contributed by atoms with van der Waals surface area (Å²) in [6, 6.07) is -0.557. The predicted molar refractivity (Wildman–Crippen MR) is 264 cm³/mol. The van der Waals surface area contributed by atoms with Gasteiger partial charge >= 0.3 is 5.97 Å². The molecular formula is C55H109NO5. The van der Waals surface area contributed by atoms with Crippen LogP contribution in [0.5, 0.6) is 0 Å². The molecule has 0 aliphatic heterocycles. The largest absolute Gasteiger partial charge is 0.466 e. The van der Waals surface area contributed by atoms with Crippen LogP contribution in [0, 0.1) is 0 Å². The number of carbonyl (C=O) groups is 2. The van der Waals surface area contributed by atoms with E-state index in [-0.39, 0.29) is 18.5 Å². The lowest BCUT2D eigenvalue weighted by Gasteiger charge is -2.22. The number of hydrogen-bond donors (Lipinski definition) is 3. The predicted octanol–water partition coefficient (Wildman–Crippen LogP) is 16.7. The molecule has 2 atom stereocenters. The van der Waals surface area contributed by atoms with Crippen LogP contribution in [-0.2, 0) is 14.3 Å². The zero-order valence-electron chi connectivity index (χ0n) is 41.4. The molecule has 0 aromatic rings. The van der Waals surface area contributed by atoms with Gasteiger partial charge in [-0.05, 0) is 25.7 Å². The van der Waals surface area contributed by atoms with Gasteiger partial charge in [0.2, 0.25) is 5.91 Å². The van der Waals surface area contributed by atoms with Gasteiger partial charge < -0.3 is 20.3 Å². The summed E-state index contributed by atoms with van der Waals surface area (Å²) in [7, 11) is 0. The SMILES string of the molecule is CCCCCCCCCCCCCCCCCCCCCCCCCC(O)C(CO)NC(=O)CCCCCCCCCCCCOC(=O)CCCCCCCCCCCCC. The second-order valence-electron chi connectivity index (χ2n) is 19.3. The van der Waals surface area contributed by atoms with Crippen LogP contribution in [0.3, 0.4) is 0 Å². The van der Waals surface area contributed by atoms with Gasteiger partial charge in [0, 0.05) is 12.8 Å². The highest BCUT2D eigenvalue weighted by atomic mass is 16.5. The first-order chi connectivity index (χ1) is 30.0. The zero-order chi connectivity index (χ0) is 44.4. The monoisotopic (exact) mass is 864 g/mol. The molecule has 0 aromatic carbocycles. The lowest BCUT2D eigenvalue weighted by atomic mass is 10.0. The maximum Gasteiger partial charge on any atom is 0.305 e. The fourth-order valence-corrected chi connectivity index (χ4v) is 8.88. The van der Waals surface area contributed by atoms with E-state index in [2.05, 4.69) is 19.2 Å². The summed E-state index contributed by atoms with van der Waals surface area (Å²) in [4.78, 5) is 24.5. The Morgan fingerprint density at radius 2 is 0.672 bits per heavy atom. The Bertz CT molecular complexity index is 867. The van der Waals surface area contributed by atoms with Crippen molar-refractivity contribution in [1.29, 1.82) is 0 Å². The molecule has 0 aromatic heterocycles. The molecule has 2 unspecified atom stereocenters. The second kappa shape index (κ2) is 51.5. The minimum Gasteiger partial charge on any atom is -0.466 e. The number of carbonyl (C=O) groups excluding carboxylic acids is 2. The zero-order valence-corrected chi connectivity index (χ0v) is 41.4. The van der Waals surface area contributed by atoms with Crippen LogP contribution < -0.4 is 5.32 Å². The quantitative estimate of drug-likeness (QED) is 0.0418. The Morgan fingerprint density at radius 3 is 1.00 bits per heavy atom. The van der Waals surface area contributed by atoms with E-state index in [0.717, 1.165) is 57.8 Å². The Morgan fingerprint density at radius 1 is 0.393 bits per heavy atom. The van der Waals surface area contributed by atoms with Crippen molar-refractivity contribution in [2.45, 2.75) is 328 Å². The summed E-state index contributed by atoms with van der Waals surface area (Å²) in [5, 5.41) is 23.3. The third kappa shape index (κ3) is 48.2. The van der Waals surface area contributed by atoms with E-state index in [4.69, 9.17) is 4.74 Å². The number of aliphatic hydroxyl groups is 2. The molecule has 0 saturated carbocycles. The molecule has 0 bridgehead atoms. The summed E-state index contributed by atoms with van der Waals surface area (Å²) >= 11 is 0. The Kier molecular flexibility index (Phi) is 50.5. The molecule has 0 spiro atoms. The normalized spacial score (nSPS) is 12.5. The first-order valence-electron chi connectivity index (χ1n) is 27.8. The highest BCUT2D eigenvalue weighted by molar-refractivity contribution is 5.76. The van der Waals surface area contributed by atoms with Crippen LogP contribution in [0.2, 0.25) is 0 Å². The van der Waals surface area contributed by atoms with Crippen molar-refractivity contribution < 1.29 is 24.5 Å². The molecule has 0 aliphatic rings. The van der Waals surface area contributed by atoms with E-state index >= 15 is 0 Å². The van der Waals surface area contributed by atoms with E-state index < -0.39 is 12.1 Å². The van der Waals surface area contributed by atoms with E-state index in [9.17, 15) is 19.8 Å². The van der Waals surface area contributed by atoms with Crippen LogP contribution in [-0.4, -0.2) is 47.4 Å². The van der Waals surface area contributed by atoms with Crippen LogP contribution in [0.25, 0.3) is 0 Å². The summed E-state index contributed by atoms with van der Waals surface area (Å²) in [5.74, 6) is -0.0712. The maximum atomic E-state index is 12.5. The first kappa shape index (κ1) is 59.9. The summed E-state index contributed by atoms with van der Waals surface area (Å²) < 4.78 is 5.44. The van der Waals surface area contributed by atoms with E-state index in [1.54, 1.807) is 0 Å². The average Bonchev–Trinajstić information content (AvgIpc) is 3.26. The highest BCUT2D eigenvalue weighted by Crippen LogP contribution is 2.18. The van der Waals surface area contributed by atoms with Gasteiger partial charge in [0.1, 0.15) is 0 Å². The van der Waals surface area contributed by atoms with Gasteiger partial charge in [0.15, 0.2) is 0 Å². The molecule has 0 radical (unpaired) electrons. The van der Waals surface area contributed by atoms with Crippen molar-refractivity contribution in [3.05, 3.63) is 0 Å². The van der Waals surface area contributed by atoms with Crippen LogP contribution in [0.4, 0.5) is 0 Å². The minimum absolute atomic E-state index is 0.0177. The number of aliphatic hydroxyl groups excluding tert-OH is 2. The number of rotatable bonds is 52. The molecule has 1 amide bonds. The van der Waals surface area contributed by atoms with Crippen molar-refractivity contribution >= 4 is 11.9 Å². The standard InChI is InChI=1S/C55H109NO5/c1-3-5-7-9-11-13-15-16-17-18-19-20-21-22-23-24-25-26-28-31-35-39-43-47-53(58)52(51-57)56-54(59)48-44-40-36-32-29-30-34-38-42-46-50-61-55(60)49-45-41-37-33-27-14-12-10-8-6-4-2/h52-53,57-58H,3-51H2,1-2H3,(H,56,59). The third-order valence-corrected chi connectivity index (χ3v) is 13.2. The molecule has 3 N–H and O–H groups in total. The molecule has 0 fully saturated rings. The van der Waals surface area contributed by atoms with Gasteiger partial charge in [-0.3, -0.25) is 9.59 Å². The van der Waals surface area contributed by atoms with Gasteiger partial charge in [-0.15, -0.1) is 0 Å². The Labute approximate surface area is 381 Å². The van der Waals surface area contributed by atoms with Gasteiger partial charge in [-0.1, -0.05) is 277 Å². The van der Waals surface area contributed by atoms with E-state index in [1.807, 2.05) is 0 Å². The number of nitrogens with one attached hydrogen (secondary N) is 1. The van der Waals surface area contributed by atoms with Gasteiger partial charge in [0.05, 0.1) is 25.4 Å².